The van der Waals surface area contributed by atoms with Crippen molar-refractivity contribution in [1.82, 2.24) is 5.32 Å². The number of aryl methyl sites for hydroxylation is 1. The molecule has 0 bridgehead atoms. The van der Waals surface area contributed by atoms with Crippen LogP contribution in [-0.4, -0.2) is 29.1 Å². The van der Waals surface area contributed by atoms with E-state index in [9.17, 15) is 9.59 Å². The lowest BCUT2D eigenvalue weighted by Gasteiger charge is -2.12. The van der Waals surface area contributed by atoms with Crippen molar-refractivity contribution in [3.63, 3.8) is 0 Å². The van der Waals surface area contributed by atoms with E-state index in [1.165, 1.54) is 0 Å². The van der Waals surface area contributed by atoms with Crippen LogP contribution in [0.2, 0.25) is 0 Å². The van der Waals surface area contributed by atoms with E-state index in [1.54, 1.807) is 6.92 Å². The molecule has 2 N–H and O–H groups in total. The zero-order valence-corrected chi connectivity index (χ0v) is 13.5. The van der Waals surface area contributed by atoms with Crippen LogP contribution in [0.5, 0.6) is 5.75 Å². The second-order valence-corrected chi connectivity index (χ2v) is 5.53. The van der Waals surface area contributed by atoms with Crippen LogP contribution in [0.15, 0.2) is 24.3 Å². The molecule has 0 saturated heterocycles. The van der Waals surface area contributed by atoms with Gasteiger partial charge in [-0.05, 0) is 50.8 Å². The molecule has 5 heteroatoms. The molecule has 0 heterocycles. The van der Waals surface area contributed by atoms with Crippen molar-refractivity contribution in [2.45, 2.75) is 58.6 Å². The molecule has 1 amide bonds. The normalized spacial score (nSPS) is 12.0. The van der Waals surface area contributed by atoms with Crippen molar-refractivity contribution in [2.75, 3.05) is 0 Å². The number of amides is 1. The van der Waals surface area contributed by atoms with Crippen LogP contribution in [0.4, 0.5) is 0 Å². The molecule has 0 fully saturated rings. The highest BCUT2D eigenvalue weighted by molar-refractivity contribution is 5.83. The zero-order valence-electron chi connectivity index (χ0n) is 13.5. The highest BCUT2D eigenvalue weighted by Gasteiger charge is 2.16. The lowest BCUT2D eigenvalue weighted by molar-refractivity contribution is -0.141. The predicted octanol–water partition coefficient (Wildman–Crippen LogP) is 2.78. The van der Waals surface area contributed by atoms with Crippen LogP contribution in [0.25, 0.3) is 0 Å². The van der Waals surface area contributed by atoms with Crippen LogP contribution in [0, 0.1) is 0 Å². The maximum absolute atomic E-state index is 11.7. The molecule has 1 aromatic carbocycles. The Morgan fingerprint density at radius 3 is 2.36 bits per heavy atom. The molecular formula is C17H25NO4. The van der Waals surface area contributed by atoms with Crippen molar-refractivity contribution in [1.29, 1.82) is 0 Å². The number of carbonyl (C=O) groups is 2. The van der Waals surface area contributed by atoms with Gasteiger partial charge in [0.1, 0.15) is 11.8 Å². The molecule has 5 nitrogen and oxygen atoms in total. The second kappa shape index (κ2) is 9.07. The third-order valence-corrected chi connectivity index (χ3v) is 3.21. The number of hydrogen-bond donors (Lipinski definition) is 2. The summed E-state index contributed by atoms with van der Waals surface area (Å²) < 4.78 is 5.57. The van der Waals surface area contributed by atoms with E-state index in [1.807, 2.05) is 38.1 Å². The number of benzene rings is 1. The van der Waals surface area contributed by atoms with Crippen molar-refractivity contribution in [3.05, 3.63) is 29.8 Å². The van der Waals surface area contributed by atoms with Crippen LogP contribution >= 0.6 is 0 Å². The lowest BCUT2D eigenvalue weighted by Crippen LogP contribution is -2.40. The first-order valence-electron chi connectivity index (χ1n) is 7.70. The van der Waals surface area contributed by atoms with Crippen LogP contribution < -0.4 is 10.1 Å². The first kappa shape index (κ1) is 18.0. The monoisotopic (exact) mass is 307 g/mol. The quantitative estimate of drug-likeness (QED) is 0.735. The number of carbonyl (C=O) groups excluding carboxylic acids is 1. The molecule has 22 heavy (non-hydrogen) atoms. The molecule has 0 saturated carbocycles. The SMILES string of the molecule is CCC(NC(=O)CCCc1ccc(OC(C)C)cc1)C(=O)O. The number of hydrogen-bond acceptors (Lipinski definition) is 3. The fourth-order valence-corrected chi connectivity index (χ4v) is 2.06. The highest BCUT2D eigenvalue weighted by Crippen LogP contribution is 2.15. The topological polar surface area (TPSA) is 75.6 Å². The molecule has 1 unspecified atom stereocenters. The Bertz CT molecular complexity index is 482. The molecule has 0 spiro atoms. The van der Waals surface area contributed by atoms with E-state index < -0.39 is 12.0 Å². The van der Waals surface area contributed by atoms with Crippen molar-refractivity contribution >= 4 is 11.9 Å². The van der Waals surface area contributed by atoms with Gasteiger partial charge in [0.25, 0.3) is 0 Å². The van der Waals surface area contributed by atoms with Gasteiger partial charge in [0.15, 0.2) is 0 Å². The van der Waals surface area contributed by atoms with Crippen LogP contribution in [0.1, 0.15) is 45.6 Å². The van der Waals surface area contributed by atoms with Gasteiger partial charge in [-0.3, -0.25) is 4.79 Å². The van der Waals surface area contributed by atoms with Crippen LogP contribution in [0.3, 0.4) is 0 Å². The first-order chi connectivity index (χ1) is 10.4. The van der Waals surface area contributed by atoms with Gasteiger partial charge in [-0.25, -0.2) is 4.79 Å². The summed E-state index contributed by atoms with van der Waals surface area (Å²) in [5.74, 6) is -0.366. The third kappa shape index (κ3) is 6.61. The standard InChI is InChI=1S/C17H25NO4/c1-4-15(17(20)21)18-16(19)7-5-6-13-8-10-14(11-9-13)22-12(2)3/h8-12,15H,4-7H2,1-3H3,(H,18,19)(H,20,21). The summed E-state index contributed by atoms with van der Waals surface area (Å²) in [5, 5.41) is 11.4. The molecule has 122 valence electrons. The van der Waals surface area contributed by atoms with Gasteiger partial charge in [-0.1, -0.05) is 19.1 Å². The summed E-state index contributed by atoms with van der Waals surface area (Å²) in [4.78, 5) is 22.5. The Morgan fingerprint density at radius 2 is 1.86 bits per heavy atom. The fraction of sp³-hybridized carbons (Fsp3) is 0.529. The molecule has 0 aliphatic heterocycles. The van der Waals surface area contributed by atoms with Crippen LogP contribution in [-0.2, 0) is 16.0 Å². The minimum atomic E-state index is -0.989. The molecule has 0 aromatic heterocycles. The summed E-state index contributed by atoms with van der Waals surface area (Å²) in [7, 11) is 0. The fourth-order valence-electron chi connectivity index (χ4n) is 2.06. The number of carboxylic acid groups (broad SMARTS) is 1. The smallest absolute Gasteiger partial charge is 0.326 e. The second-order valence-electron chi connectivity index (χ2n) is 5.53. The molecule has 1 atom stereocenters. The lowest BCUT2D eigenvalue weighted by atomic mass is 10.1. The minimum absolute atomic E-state index is 0.148. The van der Waals surface area contributed by atoms with Crippen molar-refractivity contribution in [2.24, 2.45) is 0 Å². The number of aliphatic carboxylic acids is 1. The van der Waals surface area contributed by atoms with E-state index in [0.29, 0.717) is 19.3 Å². The Hall–Kier alpha value is -2.04. The van der Waals surface area contributed by atoms with Crippen molar-refractivity contribution in [3.8, 4) is 5.75 Å². The molecule has 1 rings (SSSR count). The van der Waals surface area contributed by atoms with Gasteiger partial charge in [0.05, 0.1) is 6.10 Å². The van der Waals surface area contributed by atoms with E-state index in [-0.39, 0.29) is 12.0 Å². The average molecular weight is 307 g/mol. The summed E-state index contributed by atoms with van der Waals surface area (Å²) in [6, 6.07) is 7.03. The maximum Gasteiger partial charge on any atom is 0.326 e. The van der Waals surface area contributed by atoms with Gasteiger partial charge < -0.3 is 15.2 Å². The van der Waals surface area contributed by atoms with Crippen molar-refractivity contribution < 1.29 is 19.4 Å². The van der Waals surface area contributed by atoms with E-state index in [0.717, 1.165) is 17.7 Å². The summed E-state index contributed by atoms with van der Waals surface area (Å²) in [6.07, 6.45) is 2.33. The Morgan fingerprint density at radius 1 is 1.23 bits per heavy atom. The molecule has 0 aliphatic carbocycles. The molecular weight excluding hydrogens is 282 g/mol. The first-order valence-corrected chi connectivity index (χ1v) is 7.70. The Balaban J connectivity index is 2.34. The molecule has 0 radical (unpaired) electrons. The number of carboxylic acids is 1. The molecule has 1 aromatic rings. The zero-order chi connectivity index (χ0) is 16.5. The Kier molecular flexibility index (Phi) is 7.43. The number of rotatable bonds is 9. The Labute approximate surface area is 131 Å². The van der Waals surface area contributed by atoms with E-state index in [2.05, 4.69) is 5.32 Å². The van der Waals surface area contributed by atoms with Gasteiger partial charge in [-0.15, -0.1) is 0 Å². The van der Waals surface area contributed by atoms with E-state index in [4.69, 9.17) is 9.84 Å². The predicted molar refractivity (Wildman–Crippen MR) is 85.0 cm³/mol. The van der Waals surface area contributed by atoms with Gasteiger partial charge in [0, 0.05) is 6.42 Å². The average Bonchev–Trinajstić information content (AvgIpc) is 2.45. The molecule has 0 aliphatic rings. The maximum atomic E-state index is 11.7. The number of ether oxygens (including phenoxy) is 1. The minimum Gasteiger partial charge on any atom is -0.491 e. The summed E-state index contributed by atoms with van der Waals surface area (Å²) in [5.41, 5.74) is 1.13. The van der Waals surface area contributed by atoms with Gasteiger partial charge in [-0.2, -0.15) is 0 Å². The van der Waals surface area contributed by atoms with Gasteiger partial charge >= 0.3 is 5.97 Å². The largest absolute Gasteiger partial charge is 0.491 e. The highest BCUT2D eigenvalue weighted by atomic mass is 16.5. The summed E-state index contributed by atoms with van der Waals surface area (Å²) >= 11 is 0. The third-order valence-electron chi connectivity index (χ3n) is 3.21. The van der Waals surface area contributed by atoms with Gasteiger partial charge in [0.2, 0.25) is 5.91 Å². The van der Waals surface area contributed by atoms with E-state index >= 15 is 0 Å². The number of nitrogens with one attached hydrogen (secondary N) is 1. The summed E-state index contributed by atoms with van der Waals surface area (Å²) in [6.45, 7) is 5.69.